The third-order valence-corrected chi connectivity index (χ3v) is 8.96. The van der Waals surface area contributed by atoms with Crippen molar-refractivity contribution in [2.45, 2.75) is 41.5 Å². The molecule has 1 rings (SSSR count). The summed E-state index contributed by atoms with van der Waals surface area (Å²) in [5.74, 6) is 0. The number of halogens is 2. The number of hydrogen-bond acceptors (Lipinski definition) is 0. The topological polar surface area (TPSA) is 0 Å². The predicted octanol–water partition coefficient (Wildman–Crippen LogP) is 7.88. The molecule has 1 aromatic carbocycles. The Balaban J connectivity index is -0.000000247. The Morgan fingerprint density at radius 3 is 1.22 bits per heavy atom. The molecule has 0 saturated heterocycles. The summed E-state index contributed by atoms with van der Waals surface area (Å²) in [4.78, 5) is 0. The van der Waals surface area contributed by atoms with Crippen LogP contribution in [0.15, 0.2) is 24.3 Å². The van der Waals surface area contributed by atoms with Crippen LogP contribution in [0.2, 0.25) is 5.02 Å². The van der Waals surface area contributed by atoms with Gasteiger partial charge in [0.15, 0.2) is 0 Å². The first-order valence-corrected chi connectivity index (χ1v) is 13.8. The van der Waals surface area contributed by atoms with Gasteiger partial charge in [-0.2, -0.15) is 30.3 Å². The summed E-state index contributed by atoms with van der Waals surface area (Å²) in [6.07, 6.45) is 8.51. The maximum atomic E-state index is 5.48. The molecule has 0 spiro atoms. The first-order valence-electron chi connectivity index (χ1n) is 8.28. The van der Waals surface area contributed by atoms with Crippen LogP contribution in [0.3, 0.4) is 0 Å². The van der Waals surface area contributed by atoms with Crippen molar-refractivity contribution in [3.63, 3.8) is 0 Å². The van der Waals surface area contributed by atoms with Gasteiger partial charge in [-0.25, -0.2) is 0 Å². The van der Waals surface area contributed by atoms with Crippen LogP contribution in [0.1, 0.15) is 41.5 Å². The van der Waals surface area contributed by atoms with Gasteiger partial charge in [-0.05, 0) is 37.0 Å². The van der Waals surface area contributed by atoms with Crippen LogP contribution in [-0.2, 0) is 14.6 Å². The Labute approximate surface area is 165 Å². The van der Waals surface area contributed by atoms with Gasteiger partial charge in [-0.1, -0.05) is 46.6 Å². The van der Waals surface area contributed by atoms with E-state index in [1.54, 1.807) is 12.1 Å². The summed E-state index contributed by atoms with van der Waals surface area (Å²) in [6.45, 7) is 13.7. The third-order valence-electron chi connectivity index (χ3n) is 3.35. The van der Waals surface area contributed by atoms with Crippen molar-refractivity contribution in [1.82, 2.24) is 0 Å². The monoisotopic (exact) mass is 440 g/mol. The zero-order valence-electron chi connectivity index (χ0n) is 15.5. The Kier molecular flexibility index (Phi) is 31.9. The molecule has 141 valence electrons. The molecule has 0 aromatic heterocycles. The number of rotatable bonds is 6. The molecule has 0 aliphatic rings. The Bertz CT molecular complexity index is 269. The van der Waals surface area contributed by atoms with Crippen LogP contribution in [0.4, 0.5) is 0 Å². The van der Waals surface area contributed by atoms with Gasteiger partial charge >= 0.3 is 24.8 Å². The fourth-order valence-corrected chi connectivity index (χ4v) is 4.53. The predicted molar refractivity (Wildman–Crippen MR) is 113 cm³/mol. The summed E-state index contributed by atoms with van der Waals surface area (Å²) in [6, 6.07) is 10.1. The van der Waals surface area contributed by atoms with Gasteiger partial charge in [0.2, 0.25) is 0 Å². The molecule has 0 nitrogen and oxygen atoms in total. The minimum atomic E-state index is 0.446. The second-order valence-corrected chi connectivity index (χ2v) is 11.3. The van der Waals surface area contributed by atoms with Crippen molar-refractivity contribution >= 4 is 37.6 Å². The molecule has 0 N–H and O–H groups in total. The van der Waals surface area contributed by atoms with E-state index in [4.69, 9.17) is 11.6 Å². The van der Waals surface area contributed by atoms with Gasteiger partial charge in [0.1, 0.15) is 0 Å². The van der Waals surface area contributed by atoms with Crippen molar-refractivity contribution in [3.05, 3.63) is 35.4 Å². The average Bonchev–Trinajstić information content (AvgIpc) is 2.62. The van der Waals surface area contributed by atoms with Crippen molar-refractivity contribution in [2.75, 3.05) is 37.0 Å². The van der Waals surface area contributed by atoms with Crippen molar-refractivity contribution in [3.8, 4) is 0 Å². The summed E-state index contributed by atoms with van der Waals surface area (Å²) >= 11 is 8.83. The van der Waals surface area contributed by atoms with Gasteiger partial charge in [-0.3, -0.25) is 0 Å². The normalized spacial score (nSPS) is 9.22. The Morgan fingerprint density at radius 2 is 1.13 bits per heavy atom. The van der Waals surface area contributed by atoms with E-state index in [0.29, 0.717) is 20.9 Å². The molecule has 23 heavy (non-hydrogen) atoms. The molecule has 5 heteroatoms. The van der Waals surface area contributed by atoms with E-state index in [9.17, 15) is 0 Å². The van der Waals surface area contributed by atoms with Gasteiger partial charge in [0.05, 0.1) is 0 Å². The van der Waals surface area contributed by atoms with Gasteiger partial charge in [-0.15, -0.1) is 27.4 Å². The molecular weight excluding hydrogens is 408 g/mol. The number of hydrogen-bond donors (Lipinski definition) is 0. The van der Waals surface area contributed by atoms with Gasteiger partial charge in [0.25, 0.3) is 0 Å². The summed E-state index contributed by atoms with van der Waals surface area (Å²) in [7, 11) is 5.16. The van der Waals surface area contributed by atoms with E-state index in [2.05, 4.69) is 72.4 Å². The summed E-state index contributed by atoms with van der Waals surface area (Å²) in [5.41, 5.74) is 0. The molecule has 0 amide bonds. The summed E-state index contributed by atoms with van der Waals surface area (Å²) < 4.78 is 0. The van der Waals surface area contributed by atoms with Crippen molar-refractivity contribution in [1.29, 1.82) is 0 Å². The van der Waals surface area contributed by atoms with E-state index in [0.717, 1.165) is 0 Å². The average molecular weight is 442 g/mol. The standard InChI is InChI=1S/C6H4Cl.2C6H15P.ClH.Ni/c7-6-4-2-1-3-5-6;2*1-4-7(5-2)6-3;;/h1-4H;2*4-6H2,1-3H3;1H;/q-1;;;;+1/p-1. The Hall–Kier alpha value is 1.15. The molecule has 0 bridgehead atoms. The SMILES string of the molecule is CCP(CC)CC.CCP(CC)CC.Clc1[c-]cccc1.[Cl][Ni]. The van der Waals surface area contributed by atoms with Gasteiger partial charge < -0.3 is 0 Å². The summed E-state index contributed by atoms with van der Waals surface area (Å²) in [5, 5.41) is 0.669. The van der Waals surface area contributed by atoms with Crippen molar-refractivity contribution in [2.24, 2.45) is 0 Å². The van der Waals surface area contributed by atoms with E-state index in [1.165, 1.54) is 37.0 Å². The van der Waals surface area contributed by atoms with Crippen molar-refractivity contribution < 1.29 is 14.6 Å². The minimum absolute atomic E-state index is 0.446. The molecule has 0 aliphatic carbocycles. The molecule has 0 radical (unpaired) electrons. The molecule has 0 fully saturated rings. The van der Waals surface area contributed by atoms with Crippen LogP contribution in [0.25, 0.3) is 0 Å². The fourth-order valence-electron chi connectivity index (χ4n) is 1.71. The molecule has 0 saturated carbocycles. The quantitative estimate of drug-likeness (QED) is 0.239. The van der Waals surface area contributed by atoms with E-state index in [1.807, 2.05) is 12.1 Å². The molecule has 0 heterocycles. The van der Waals surface area contributed by atoms with Crippen LogP contribution in [0.5, 0.6) is 0 Å². The first kappa shape index (κ1) is 28.9. The third kappa shape index (κ3) is 23.2. The second kappa shape index (κ2) is 25.4. The van der Waals surface area contributed by atoms with Crippen LogP contribution in [0, 0.1) is 6.07 Å². The van der Waals surface area contributed by atoms with E-state index in [-0.39, 0.29) is 0 Å². The first-order chi connectivity index (χ1) is 11.1. The zero-order chi connectivity index (χ0) is 18.5. The Morgan fingerprint density at radius 1 is 0.783 bits per heavy atom. The van der Waals surface area contributed by atoms with Crippen LogP contribution >= 0.6 is 37.6 Å². The molecule has 0 unspecified atom stereocenters. The van der Waals surface area contributed by atoms with Crippen LogP contribution < -0.4 is 0 Å². The van der Waals surface area contributed by atoms with E-state index < -0.39 is 0 Å². The maximum absolute atomic E-state index is 5.48. The van der Waals surface area contributed by atoms with Gasteiger partial charge in [0, 0.05) is 0 Å². The molecule has 0 aliphatic heterocycles. The fraction of sp³-hybridized carbons (Fsp3) is 0.667. The van der Waals surface area contributed by atoms with Crippen LogP contribution in [-0.4, -0.2) is 37.0 Å². The zero-order valence-corrected chi connectivity index (χ0v) is 19.8. The molecular formula is C18H34Cl2NiP2-. The van der Waals surface area contributed by atoms with E-state index >= 15 is 0 Å². The molecule has 0 atom stereocenters. The second-order valence-electron chi connectivity index (χ2n) is 4.45. The molecule has 1 aromatic rings. The number of benzene rings is 1.